The monoisotopic (exact) mass is 339 g/mol. The van der Waals surface area contributed by atoms with Gasteiger partial charge in [-0.05, 0) is 28.1 Å². The van der Waals surface area contributed by atoms with Crippen molar-refractivity contribution in [1.29, 1.82) is 0 Å². The summed E-state index contributed by atoms with van der Waals surface area (Å²) in [5.41, 5.74) is 1.32. The summed E-state index contributed by atoms with van der Waals surface area (Å²) in [6.45, 7) is -2.84. The number of imidazole rings is 1. The summed E-state index contributed by atoms with van der Waals surface area (Å²) in [5, 5.41) is 0. The first-order chi connectivity index (χ1) is 9.61. The number of alkyl halides is 2. The Morgan fingerprint density at radius 1 is 1.25 bits per heavy atom. The lowest BCUT2D eigenvalue weighted by Crippen LogP contribution is -2.01. The lowest BCUT2D eigenvalue weighted by molar-refractivity contribution is -0.0498. The second kappa shape index (κ2) is 5.16. The van der Waals surface area contributed by atoms with Gasteiger partial charge in [0.2, 0.25) is 5.78 Å². The van der Waals surface area contributed by atoms with Crippen LogP contribution in [0.5, 0.6) is 5.75 Å². The zero-order chi connectivity index (χ0) is 14.1. The van der Waals surface area contributed by atoms with Crippen molar-refractivity contribution in [2.75, 3.05) is 0 Å². The van der Waals surface area contributed by atoms with E-state index in [0.29, 0.717) is 17.0 Å². The molecule has 102 valence electrons. The minimum absolute atomic E-state index is 0.101. The first-order valence-electron chi connectivity index (χ1n) is 5.67. The molecule has 0 fully saturated rings. The third kappa shape index (κ3) is 2.62. The minimum Gasteiger partial charge on any atom is -0.435 e. The van der Waals surface area contributed by atoms with Crippen LogP contribution in [0.15, 0.2) is 47.3 Å². The van der Waals surface area contributed by atoms with Gasteiger partial charge in [-0.25, -0.2) is 9.97 Å². The number of hydrogen-bond acceptors (Lipinski definition) is 3. The molecular formula is C13H8BrF2N3O. The highest BCUT2D eigenvalue weighted by atomic mass is 79.9. The molecule has 2 aromatic heterocycles. The molecule has 0 aliphatic heterocycles. The van der Waals surface area contributed by atoms with Crippen molar-refractivity contribution in [3.8, 4) is 17.0 Å². The van der Waals surface area contributed by atoms with Crippen molar-refractivity contribution in [3.63, 3.8) is 0 Å². The average molecular weight is 340 g/mol. The summed E-state index contributed by atoms with van der Waals surface area (Å²) in [5.74, 6) is 0.632. The van der Waals surface area contributed by atoms with Crippen LogP contribution in [0.25, 0.3) is 17.0 Å². The third-order valence-electron chi connectivity index (χ3n) is 2.63. The number of halogens is 3. The van der Waals surface area contributed by atoms with Crippen molar-refractivity contribution >= 4 is 21.7 Å². The van der Waals surface area contributed by atoms with Gasteiger partial charge in [0.05, 0.1) is 10.2 Å². The summed E-state index contributed by atoms with van der Waals surface area (Å²) in [4.78, 5) is 8.48. The van der Waals surface area contributed by atoms with Crippen LogP contribution in [-0.4, -0.2) is 21.0 Å². The summed E-state index contributed by atoms with van der Waals surface area (Å²) >= 11 is 3.32. The molecule has 3 aromatic rings. The van der Waals surface area contributed by atoms with Crippen LogP contribution in [0.4, 0.5) is 8.78 Å². The van der Waals surface area contributed by atoms with Crippen LogP contribution in [0.1, 0.15) is 0 Å². The number of aromatic nitrogens is 3. The topological polar surface area (TPSA) is 39.4 Å². The SMILES string of the molecule is FC(F)Oc1cccc(-c2cn3cc(Br)cnc3n2)c1. The molecule has 0 saturated heterocycles. The summed E-state index contributed by atoms with van der Waals surface area (Å²) in [6.07, 6.45) is 5.23. The Morgan fingerprint density at radius 2 is 2.10 bits per heavy atom. The third-order valence-corrected chi connectivity index (χ3v) is 3.04. The second-order valence-electron chi connectivity index (χ2n) is 4.01. The molecule has 0 saturated carbocycles. The van der Waals surface area contributed by atoms with Crippen LogP contribution in [-0.2, 0) is 0 Å². The number of fused-ring (bicyclic) bond motifs is 1. The maximum absolute atomic E-state index is 12.2. The van der Waals surface area contributed by atoms with Gasteiger partial charge in [-0.2, -0.15) is 8.78 Å². The molecule has 0 bridgehead atoms. The molecule has 3 rings (SSSR count). The van der Waals surface area contributed by atoms with Gasteiger partial charge in [-0.3, -0.25) is 4.40 Å². The zero-order valence-corrected chi connectivity index (χ0v) is 11.6. The second-order valence-corrected chi connectivity index (χ2v) is 4.93. The first kappa shape index (κ1) is 13.0. The smallest absolute Gasteiger partial charge is 0.387 e. The van der Waals surface area contributed by atoms with E-state index in [1.165, 1.54) is 12.1 Å². The van der Waals surface area contributed by atoms with E-state index in [1.54, 1.807) is 28.9 Å². The van der Waals surface area contributed by atoms with E-state index >= 15 is 0 Å². The fourth-order valence-electron chi connectivity index (χ4n) is 1.83. The van der Waals surface area contributed by atoms with E-state index in [1.807, 2.05) is 6.20 Å². The molecule has 0 unspecified atom stereocenters. The maximum atomic E-state index is 12.2. The van der Waals surface area contributed by atoms with E-state index in [9.17, 15) is 8.78 Å². The van der Waals surface area contributed by atoms with Gasteiger partial charge in [0.25, 0.3) is 0 Å². The Hall–Kier alpha value is -2.02. The number of rotatable bonds is 3. The fourth-order valence-corrected chi connectivity index (χ4v) is 2.15. The average Bonchev–Trinajstić information content (AvgIpc) is 2.81. The van der Waals surface area contributed by atoms with Gasteiger partial charge in [0, 0.05) is 24.2 Å². The van der Waals surface area contributed by atoms with Crippen molar-refractivity contribution in [1.82, 2.24) is 14.4 Å². The largest absolute Gasteiger partial charge is 0.435 e. The van der Waals surface area contributed by atoms with Crippen molar-refractivity contribution in [2.24, 2.45) is 0 Å². The van der Waals surface area contributed by atoms with Crippen LogP contribution in [0, 0.1) is 0 Å². The highest BCUT2D eigenvalue weighted by Gasteiger charge is 2.09. The van der Waals surface area contributed by atoms with Crippen LogP contribution in [0.2, 0.25) is 0 Å². The van der Waals surface area contributed by atoms with Gasteiger partial charge >= 0.3 is 6.61 Å². The fraction of sp³-hybridized carbons (Fsp3) is 0.0769. The summed E-state index contributed by atoms with van der Waals surface area (Å²) in [6, 6.07) is 6.40. The number of nitrogens with zero attached hydrogens (tertiary/aromatic N) is 3. The Balaban J connectivity index is 2.01. The van der Waals surface area contributed by atoms with Crippen molar-refractivity contribution < 1.29 is 13.5 Å². The molecule has 20 heavy (non-hydrogen) atoms. The molecule has 2 heterocycles. The van der Waals surface area contributed by atoms with Gasteiger partial charge < -0.3 is 4.74 Å². The Labute approximate surface area is 121 Å². The number of ether oxygens (including phenoxy) is 1. The first-order valence-corrected chi connectivity index (χ1v) is 6.46. The van der Waals surface area contributed by atoms with Crippen LogP contribution < -0.4 is 4.74 Å². The molecule has 0 aliphatic rings. The maximum Gasteiger partial charge on any atom is 0.387 e. The van der Waals surface area contributed by atoms with E-state index in [4.69, 9.17) is 0 Å². The van der Waals surface area contributed by atoms with Gasteiger partial charge in [-0.1, -0.05) is 12.1 Å². The molecule has 1 aromatic carbocycles. The Bertz CT molecular complexity index is 760. The summed E-state index contributed by atoms with van der Waals surface area (Å²) < 4.78 is 31.4. The van der Waals surface area contributed by atoms with E-state index in [0.717, 1.165) is 4.47 Å². The van der Waals surface area contributed by atoms with Crippen LogP contribution >= 0.6 is 15.9 Å². The van der Waals surface area contributed by atoms with Gasteiger partial charge in [0.15, 0.2) is 0 Å². The highest BCUT2D eigenvalue weighted by Crippen LogP contribution is 2.24. The molecule has 0 amide bonds. The lowest BCUT2D eigenvalue weighted by Gasteiger charge is -2.05. The van der Waals surface area contributed by atoms with Gasteiger partial charge in [-0.15, -0.1) is 0 Å². The van der Waals surface area contributed by atoms with Crippen LogP contribution in [0.3, 0.4) is 0 Å². The molecule has 4 nitrogen and oxygen atoms in total. The molecule has 0 N–H and O–H groups in total. The molecule has 0 aliphatic carbocycles. The molecular weight excluding hydrogens is 332 g/mol. The summed E-state index contributed by atoms with van der Waals surface area (Å²) in [7, 11) is 0. The highest BCUT2D eigenvalue weighted by molar-refractivity contribution is 9.10. The molecule has 7 heteroatoms. The van der Waals surface area contributed by atoms with Gasteiger partial charge in [0.1, 0.15) is 5.75 Å². The van der Waals surface area contributed by atoms with Crippen molar-refractivity contribution in [3.05, 3.63) is 47.3 Å². The molecule has 0 atom stereocenters. The quantitative estimate of drug-likeness (QED) is 0.729. The lowest BCUT2D eigenvalue weighted by atomic mass is 10.1. The zero-order valence-electron chi connectivity index (χ0n) is 10.0. The molecule has 0 radical (unpaired) electrons. The molecule has 0 spiro atoms. The predicted molar refractivity (Wildman–Crippen MR) is 72.8 cm³/mol. The Morgan fingerprint density at radius 3 is 2.90 bits per heavy atom. The van der Waals surface area contributed by atoms with E-state index < -0.39 is 6.61 Å². The Kier molecular flexibility index (Phi) is 3.35. The van der Waals surface area contributed by atoms with E-state index in [-0.39, 0.29) is 5.75 Å². The number of benzene rings is 1. The minimum atomic E-state index is -2.84. The standard InChI is InChI=1S/C13H8BrF2N3O/c14-9-5-17-13-18-11(7-19(13)6-9)8-2-1-3-10(4-8)20-12(15)16/h1-7,12H. The van der Waals surface area contributed by atoms with E-state index in [2.05, 4.69) is 30.6 Å². The number of hydrogen-bond donors (Lipinski definition) is 0. The normalized spacial score (nSPS) is 11.2. The predicted octanol–water partition coefficient (Wildman–Crippen LogP) is 3.76. The van der Waals surface area contributed by atoms with Crippen molar-refractivity contribution in [2.45, 2.75) is 6.61 Å².